The van der Waals surface area contributed by atoms with Gasteiger partial charge in [-0.3, -0.25) is 0 Å². The molecule has 0 N–H and O–H groups in total. The van der Waals surface area contributed by atoms with Gasteiger partial charge in [0.1, 0.15) is 0 Å². The van der Waals surface area contributed by atoms with Crippen molar-refractivity contribution in [3.8, 4) is 0 Å². The Bertz CT molecular complexity index is 498. The Morgan fingerprint density at radius 2 is 0.833 bits per heavy atom. The summed E-state index contributed by atoms with van der Waals surface area (Å²) in [7, 11) is -12.2. The van der Waals surface area contributed by atoms with E-state index in [0.29, 0.717) is 0 Å². The molecule has 0 amide bonds. The standard InChI is InChI=1S/C19H48O6Si5/c1-11-17-20-18-16-19-30(10)24-28(8,14-4)22-26(6,12-2)21-27(7,13-3)23-29(9,15-5)25-30/h11-19H2,1-10H3. The van der Waals surface area contributed by atoms with E-state index in [2.05, 4.69) is 67.4 Å². The first-order valence-corrected chi connectivity index (χ1v) is 24.5. The quantitative estimate of drug-likeness (QED) is 0.251. The van der Waals surface area contributed by atoms with Gasteiger partial charge in [0.05, 0.1) is 0 Å². The zero-order chi connectivity index (χ0) is 23.1. The van der Waals surface area contributed by atoms with Crippen LogP contribution in [0.25, 0.3) is 0 Å². The van der Waals surface area contributed by atoms with Crippen LogP contribution in [0, 0.1) is 0 Å². The molecular weight excluding hydrogens is 465 g/mol. The lowest BCUT2D eigenvalue weighted by molar-refractivity contribution is 0.133. The van der Waals surface area contributed by atoms with E-state index in [0.717, 1.165) is 56.3 Å². The van der Waals surface area contributed by atoms with Crippen molar-refractivity contribution in [2.45, 2.75) is 110 Å². The Morgan fingerprint density at radius 3 is 1.13 bits per heavy atom. The summed E-state index contributed by atoms with van der Waals surface area (Å²) in [5.41, 5.74) is 0. The molecule has 1 fully saturated rings. The molecule has 30 heavy (non-hydrogen) atoms. The van der Waals surface area contributed by atoms with Gasteiger partial charge in [0.2, 0.25) is 0 Å². The minimum atomic E-state index is -2.51. The third-order valence-corrected chi connectivity index (χ3v) is 29.7. The van der Waals surface area contributed by atoms with Crippen LogP contribution in [0.4, 0.5) is 0 Å². The van der Waals surface area contributed by atoms with E-state index >= 15 is 0 Å². The van der Waals surface area contributed by atoms with Crippen LogP contribution < -0.4 is 0 Å². The fourth-order valence-electron chi connectivity index (χ4n) is 3.81. The largest absolute Gasteiger partial charge is 0.416 e. The van der Waals surface area contributed by atoms with E-state index in [-0.39, 0.29) is 0 Å². The zero-order valence-electron chi connectivity index (χ0n) is 21.3. The Morgan fingerprint density at radius 1 is 0.500 bits per heavy atom. The third kappa shape index (κ3) is 8.65. The van der Waals surface area contributed by atoms with Crippen molar-refractivity contribution in [1.82, 2.24) is 0 Å². The second kappa shape index (κ2) is 11.8. The lowest BCUT2D eigenvalue weighted by atomic mass is 10.5. The Hall–Kier alpha value is 0.844. The second-order valence-corrected chi connectivity index (χ2v) is 28.1. The first kappa shape index (κ1) is 28.9. The molecule has 1 saturated heterocycles. The van der Waals surface area contributed by atoms with Gasteiger partial charge in [-0.15, -0.1) is 0 Å². The van der Waals surface area contributed by atoms with Gasteiger partial charge in [-0.1, -0.05) is 34.6 Å². The summed E-state index contributed by atoms with van der Waals surface area (Å²) in [6, 6.07) is 4.50. The van der Waals surface area contributed by atoms with Crippen molar-refractivity contribution < 1.29 is 25.3 Å². The van der Waals surface area contributed by atoms with Crippen LogP contribution in [0.3, 0.4) is 0 Å². The Balaban J connectivity index is 3.30. The molecular formula is C19H48O6Si5. The first-order valence-electron chi connectivity index (χ1n) is 11.9. The van der Waals surface area contributed by atoms with Crippen molar-refractivity contribution in [2.24, 2.45) is 0 Å². The lowest BCUT2D eigenvalue weighted by Crippen LogP contribution is -2.66. The number of rotatable bonds is 10. The van der Waals surface area contributed by atoms with Crippen LogP contribution in [0.1, 0.15) is 47.5 Å². The average Bonchev–Trinajstić information content (AvgIpc) is 2.66. The van der Waals surface area contributed by atoms with E-state index in [9.17, 15) is 0 Å². The van der Waals surface area contributed by atoms with Gasteiger partial charge in [-0.25, -0.2) is 0 Å². The van der Waals surface area contributed by atoms with Crippen molar-refractivity contribution in [3.63, 3.8) is 0 Å². The minimum Gasteiger partial charge on any atom is -0.416 e. The van der Waals surface area contributed by atoms with Crippen LogP contribution in [-0.4, -0.2) is 56.0 Å². The van der Waals surface area contributed by atoms with Gasteiger partial charge in [-0.05, 0) is 75.8 Å². The molecule has 1 rings (SSSR count). The molecule has 180 valence electrons. The average molecular weight is 513 g/mol. The fraction of sp³-hybridized carbons (Fsp3) is 1.00. The molecule has 1 aliphatic heterocycles. The van der Waals surface area contributed by atoms with E-state index < -0.39 is 42.8 Å². The normalized spacial score (nSPS) is 41.0. The summed E-state index contributed by atoms with van der Waals surface area (Å²) in [5, 5.41) is 0. The van der Waals surface area contributed by atoms with Gasteiger partial charge in [0.25, 0.3) is 0 Å². The van der Waals surface area contributed by atoms with Crippen molar-refractivity contribution in [2.75, 3.05) is 13.2 Å². The molecule has 4 atom stereocenters. The highest BCUT2D eigenvalue weighted by Gasteiger charge is 2.55. The van der Waals surface area contributed by atoms with Gasteiger partial charge in [0.15, 0.2) is 0 Å². The zero-order valence-corrected chi connectivity index (χ0v) is 26.3. The SMILES string of the molecule is CCCOCCC[Si]1(C)O[Si](C)(CC)O[Si](C)(CC)O[Si](C)(CC)O[Si](C)(CC)O1. The summed E-state index contributed by atoms with van der Waals surface area (Å²) >= 11 is 0. The van der Waals surface area contributed by atoms with Crippen LogP contribution in [0.2, 0.25) is 63.0 Å². The molecule has 6 nitrogen and oxygen atoms in total. The van der Waals surface area contributed by atoms with E-state index in [1.807, 2.05) is 0 Å². The van der Waals surface area contributed by atoms with E-state index in [1.54, 1.807) is 0 Å². The van der Waals surface area contributed by atoms with Gasteiger partial charge < -0.3 is 25.3 Å². The van der Waals surface area contributed by atoms with Crippen LogP contribution in [-0.2, 0) is 25.3 Å². The van der Waals surface area contributed by atoms with Crippen LogP contribution in [0.15, 0.2) is 0 Å². The third-order valence-electron chi connectivity index (χ3n) is 6.00. The highest BCUT2D eigenvalue weighted by atomic mass is 28.5. The highest BCUT2D eigenvalue weighted by Crippen LogP contribution is 2.37. The molecule has 0 aliphatic carbocycles. The summed E-state index contributed by atoms with van der Waals surface area (Å²) in [4.78, 5) is 0. The summed E-state index contributed by atoms with van der Waals surface area (Å²) in [6.45, 7) is 23.5. The predicted octanol–water partition coefficient (Wildman–Crippen LogP) is 6.34. The molecule has 11 heteroatoms. The maximum absolute atomic E-state index is 6.96. The highest BCUT2D eigenvalue weighted by molar-refractivity contribution is 6.94. The van der Waals surface area contributed by atoms with E-state index in [4.69, 9.17) is 25.3 Å². The van der Waals surface area contributed by atoms with Gasteiger partial charge >= 0.3 is 42.8 Å². The lowest BCUT2D eigenvalue weighted by Gasteiger charge is -2.49. The number of hydrogen-bond donors (Lipinski definition) is 0. The number of hydrogen-bond acceptors (Lipinski definition) is 6. The number of ether oxygens (including phenoxy) is 1. The maximum Gasteiger partial charge on any atom is 0.317 e. The molecule has 0 spiro atoms. The molecule has 0 aromatic rings. The van der Waals surface area contributed by atoms with E-state index in [1.165, 1.54) is 0 Å². The molecule has 1 heterocycles. The molecule has 0 saturated carbocycles. The summed E-state index contributed by atoms with van der Waals surface area (Å²) in [6.07, 6.45) is 2.00. The molecule has 0 bridgehead atoms. The van der Waals surface area contributed by atoms with Crippen molar-refractivity contribution >= 4 is 42.8 Å². The summed E-state index contributed by atoms with van der Waals surface area (Å²) < 4.78 is 40.2. The predicted molar refractivity (Wildman–Crippen MR) is 136 cm³/mol. The van der Waals surface area contributed by atoms with Crippen LogP contribution in [0.5, 0.6) is 0 Å². The summed E-state index contributed by atoms with van der Waals surface area (Å²) in [5.74, 6) is 0. The molecule has 0 aromatic carbocycles. The Labute approximate surface area is 191 Å². The molecule has 1 aliphatic rings. The minimum absolute atomic E-state index is 0.756. The van der Waals surface area contributed by atoms with Crippen molar-refractivity contribution in [3.05, 3.63) is 0 Å². The second-order valence-electron chi connectivity index (χ2n) is 9.31. The Kier molecular flexibility index (Phi) is 11.4. The topological polar surface area (TPSA) is 55.4 Å². The molecule has 4 unspecified atom stereocenters. The van der Waals surface area contributed by atoms with Gasteiger partial charge in [-0.2, -0.15) is 0 Å². The molecule has 0 aromatic heterocycles. The first-order chi connectivity index (χ1) is 13.8. The van der Waals surface area contributed by atoms with Gasteiger partial charge in [0, 0.05) is 13.2 Å². The maximum atomic E-state index is 6.96. The van der Waals surface area contributed by atoms with Crippen molar-refractivity contribution in [1.29, 1.82) is 0 Å². The monoisotopic (exact) mass is 512 g/mol. The van der Waals surface area contributed by atoms with Crippen LogP contribution >= 0.6 is 0 Å². The smallest absolute Gasteiger partial charge is 0.317 e. The fourth-order valence-corrected chi connectivity index (χ4v) is 31.0. The molecule has 0 radical (unpaired) electrons.